The first-order valence-electron chi connectivity index (χ1n) is 8.11. The average Bonchev–Trinajstić information content (AvgIpc) is 2.56. The fourth-order valence-corrected chi connectivity index (χ4v) is 0.650. The summed E-state index contributed by atoms with van der Waals surface area (Å²) in [6.07, 6.45) is 0.783. The molecule has 0 saturated heterocycles. The first kappa shape index (κ1) is 40.2. The maximum Gasteiger partial charge on any atom is 0.331 e. The van der Waals surface area contributed by atoms with Crippen molar-refractivity contribution in [2.45, 2.75) is 47.6 Å². The molecule has 0 radical (unpaired) electrons. The summed E-state index contributed by atoms with van der Waals surface area (Å²) in [5, 5.41) is 54.8. The lowest BCUT2D eigenvalue weighted by Crippen LogP contribution is -2.11. The Morgan fingerprint density at radius 1 is 0.846 bits per heavy atom. The highest BCUT2D eigenvalue weighted by atomic mass is 31.0. The molecule has 2 atom stereocenters. The zero-order chi connectivity index (χ0) is 22.4. The van der Waals surface area contributed by atoms with Crippen LogP contribution >= 0.6 is 9.47 Å². The first-order chi connectivity index (χ1) is 12.2. The van der Waals surface area contributed by atoms with Gasteiger partial charge in [-0.15, -0.1) is 0 Å². The lowest BCUT2D eigenvalue weighted by Gasteiger charge is -2.06. The van der Waals surface area contributed by atoms with Crippen molar-refractivity contribution >= 4 is 15.4 Å². The topological polar surface area (TPSA) is 168 Å². The van der Waals surface area contributed by atoms with E-state index in [2.05, 4.69) is 4.52 Å². The molecule has 0 heterocycles. The third-order valence-electron chi connectivity index (χ3n) is 1.13. The van der Waals surface area contributed by atoms with Gasteiger partial charge in [0.2, 0.25) is 0 Å². The van der Waals surface area contributed by atoms with Crippen molar-refractivity contribution in [2.24, 2.45) is 0 Å². The van der Waals surface area contributed by atoms with E-state index in [1.54, 1.807) is 34.6 Å². The molecule has 0 aromatic heterocycles. The van der Waals surface area contributed by atoms with Crippen LogP contribution in [0.25, 0.3) is 0 Å². The molecule has 0 rings (SSSR count). The molecule has 0 bridgehead atoms. The zero-order valence-corrected chi connectivity index (χ0v) is 18.1. The van der Waals surface area contributed by atoms with Crippen molar-refractivity contribution in [2.75, 3.05) is 39.6 Å². The predicted octanol–water partition coefficient (Wildman–Crippen LogP) is 0.178. The number of hydrogen-bond acceptors (Lipinski definition) is 8. The predicted molar refractivity (Wildman–Crippen MR) is 107 cm³/mol. The van der Waals surface area contributed by atoms with Gasteiger partial charge in [-0.3, -0.25) is 0 Å². The molecular weight excluding hydrogens is 367 g/mol. The van der Waals surface area contributed by atoms with Crippen molar-refractivity contribution in [1.29, 1.82) is 0 Å². The third-order valence-corrected chi connectivity index (χ3v) is 1.48. The molecule has 26 heavy (non-hydrogen) atoms. The maximum absolute atomic E-state index is 10.3. The quantitative estimate of drug-likeness (QED) is 0.253. The van der Waals surface area contributed by atoms with E-state index >= 15 is 0 Å². The lowest BCUT2D eigenvalue weighted by atomic mass is 10.2. The minimum atomic E-state index is -1.01. The summed E-state index contributed by atoms with van der Waals surface area (Å²) < 4.78 is 4.65. The van der Waals surface area contributed by atoms with Gasteiger partial charge in [0, 0.05) is 48.1 Å². The van der Waals surface area contributed by atoms with E-state index < -0.39 is 12.1 Å². The monoisotopic (exact) mass is 408 g/mol. The first-order valence-corrected chi connectivity index (χ1v) is 8.58. The van der Waals surface area contributed by atoms with Crippen molar-refractivity contribution < 1.29 is 45.1 Å². The average molecular weight is 408 g/mol. The second kappa shape index (κ2) is 49.7. The Morgan fingerprint density at radius 2 is 1.08 bits per heavy atom. The molecule has 0 aliphatic carbocycles. The van der Waals surface area contributed by atoms with Crippen LogP contribution in [0.2, 0.25) is 0 Å². The molecular formula is C16H41O9P. The third kappa shape index (κ3) is 90.5. The number of carbonyl (C=O) groups is 1. The lowest BCUT2D eigenvalue weighted by molar-refractivity contribution is -0.132. The summed E-state index contributed by atoms with van der Waals surface area (Å²) >= 11 is 0. The van der Waals surface area contributed by atoms with Crippen LogP contribution in [-0.4, -0.2) is 87.5 Å². The van der Waals surface area contributed by atoms with Crippen LogP contribution in [0.1, 0.15) is 41.5 Å². The van der Waals surface area contributed by atoms with Gasteiger partial charge in [-0.05, 0) is 47.6 Å². The minimum absolute atomic E-state index is 0.159. The molecule has 0 aromatic carbocycles. The molecule has 10 heteroatoms. The Bertz CT molecular complexity index is 224. The van der Waals surface area contributed by atoms with Crippen molar-refractivity contribution in [3.8, 4) is 0 Å². The standard InChI is InChI=1S/C6H11O4P.5C2H6O/c1-4(6(8)9)2-5(3-7)10-11;5*1-2-3/h2,5,7H,3,11H2,1H3,(H,8,9);5*3H,2H2,1H3. The van der Waals surface area contributed by atoms with E-state index in [-0.39, 0.29) is 45.2 Å². The molecule has 7 N–H and O–H groups in total. The minimum Gasteiger partial charge on any atom is -0.478 e. The van der Waals surface area contributed by atoms with E-state index in [4.69, 9.17) is 35.7 Å². The van der Waals surface area contributed by atoms with Crippen molar-refractivity contribution in [1.82, 2.24) is 0 Å². The normalized spacial score (nSPS) is 9.65. The smallest absolute Gasteiger partial charge is 0.331 e. The van der Waals surface area contributed by atoms with Gasteiger partial charge < -0.3 is 40.3 Å². The Morgan fingerprint density at radius 3 is 1.19 bits per heavy atom. The van der Waals surface area contributed by atoms with Crippen LogP contribution in [0.15, 0.2) is 11.6 Å². The molecule has 0 spiro atoms. The van der Waals surface area contributed by atoms with Gasteiger partial charge in [-0.1, -0.05) is 0 Å². The van der Waals surface area contributed by atoms with Crippen molar-refractivity contribution in [3.05, 3.63) is 11.6 Å². The molecule has 164 valence electrons. The van der Waals surface area contributed by atoms with Crippen LogP contribution in [0.3, 0.4) is 0 Å². The Hall–Kier alpha value is -0.640. The fourth-order valence-electron chi connectivity index (χ4n) is 0.485. The largest absolute Gasteiger partial charge is 0.478 e. The van der Waals surface area contributed by atoms with E-state index in [1.165, 1.54) is 13.0 Å². The second-order valence-electron chi connectivity index (χ2n) is 3.59. The van der Waals surface area contributed by atoms with E-state index in [0.717, 1.165) is 0 Å². The number of aliphatic carboxylic acids is 1. The Labute approximate surface area is 160 Å². The molecule has 0 amide bonds. The van der Waals surface area contributed by atoms with E-state index in [9.17, 15) is 4.79 Å². The molecule has 0 aliphatic heterocycles. The van der Waals surface area contributed by atoms with Crippen LogP contribution in [0, 0.1) is 0 Å². The number of rotatable bonds is 4. The highest BCUT2D eigenvalue weighted by Crippen LogP contribution is 2.03. The Balaban J connectivity index is -0.0000000551. The number of aliphatic hydroxyl groups excluding tert-OH is 6. The second-order valence-corrected chi connectivity index (χ2v) is 3.87. The summed E-state index contributed by atoms with van der Waals surface area (Å²) in [6, 6.07) is 0. The molecule has 9 nitrogen and oxygen atoms in total. The maximum atomic E-state index is 10.3. The summed E-state index contributed by atoms with van der Waals surface area (Å²) in [7, 11) is 1.96. The number of carboxylic acids is 1. The number of aliphatic hydroxyl groups is 6. The van der Waals surface area contributed by atoms with Crippen LogP contribution in [0.4, 0.5) is 0 Å². The van der Waals surface area contributed by atoms with Gasteiger partial charge in [-0.25, -0.2) is 4.79 Å². The van der Waals surface area contributed by atoms with E-state index in [0.29, 0.717) is 0 Å². The number of hydrogen-bond donors (Lipinski definition) is 7. The summed E-state index contributed by atoms with van der Waals surface area (Å²) in [4.78, 5) is 10.3. The fraction of sp³-hybridized carbons (Fsp3) is 0.812. The zero-order valence-electron chi connectivity index (χ0n) is 16.9. The Kier molecular flexibility index (Phi) is 76.7. The van der Waals surface area contributed by atoms with E-state index in [1.807, 2.05) is 9.47 Å². The van der Waals surface area contributed by atoms with Crippen LogP contribution in [-0.2, 0) is 9.32 Å². The highest BCUT2D eigenvalue weighted by molar-refractivity contribution is 7.09. The van der Waals surface area contributed by atoms with Gasteiger partial charge in [0.15, 0.2) is 0 Å². The van der Waals surface area contributed by atoms with Gasteiger partial charge in [-0.2, -0.15) is 0 Å². The summed E-state index contributed by atoms with van der Waals surface area (Å²) in [5.41, 5.74) is 0.159. The number of carboxylic acid groups (broad SMARTS) is 1. The van der Waals surface area contributed by atoms with Crippen molar-refractivity contribution in [3.63, 3.8) is 0 Å². The van der Waals surface area contributed by atoms with Gasteiger partial charge >= 0.3 is 5.97 Å². The molecule has 0 saturated carbocycles. The van der Waals surface area contributed by atoms with Gasteiger partial charge in [0.25, 0.3) is 0 Å². The summed E-state index contributed by atoms with van der Waals surface area (Å²) in [6.45, 7) is 10.9. The SMILES string of the molecule is CC(=CC(CO)OP)C(=O)O.CCO.CCO.CCO.CCO.CCO. The molecule has 0 aliphatic rings. The molecule has 0 fully saturated rings. The molecule has 0 aromatic rings. The molecule has 2 unspecified atom stereocenters. The van der Waals surface area contributed by atoms with Crippen LogP contribution < -0.4 is 0 Å². The van der Waals surface area contributed by atoms with Gasteiger partial charge in [0.1, 0.15) is 6.10 Å². The summed E-state index contributed by atoms with van der Waals surface area (Å²) in [5.74, 6) is -1.01. The highest BCUT2D eigenvalue weighted by Gasteiger charge is 2.05. The van der Waals surface area contributed by atoms with Crippen LogP contribution in [0.5, 0.6) is 0 Å². The van der Waals surface area contributed by atoms with Gasteiger partial charge in [0.05, 0.1) is 6.61 Å².